The third-order valence-electron chi connectivity index (χ3n) is 2.49. The number of alkyl halides is 3. The highest BCUT2D eigenvalue weighted by atomic mass is 19.4. The van der Waals surface area contributed by atoms with E-state index in [1.54, 1.807) is 6.92 Å². The van der Waals surface area contributed by atoms with Crippen LogP contribution < -0.4 is 0 Å². The van der Waals surface area contributed by atoms with E-state index in [0.717, 1.165) is 12.1 Å². The van der Waals surface area contributed by atoms with Crippen LogP contribution in [0.5, 0.6) is 0 Å². The molecule has 1 aromatic heterocycles. The van der Waals surface area contributed by atoms with E-state index in [-0.39, 0.29) is 11.4 Å². The number of imidazole rings is 1. The molecule has 0 spiro atoms. The molecule has 0 unspecified atom stereocenters. The Morgan fingerprint density at radius 3 is 2.47 bits per heavy atom. The van der Waals surface area contributed by atoms with E-state index in [1.807, 2.05) is 0 Å². The van der Waals surface area contributed by atoms with Crippen molar-refractivity contribution in [2.45, 2.75) is 13.1 Å². The third kappa shape index (κ3) is 2.75. The highest BCUT2D eigenvalue weighted by Crippen LogP contribution is 2.32. The molecule has 0 saturated carbocycles. The van der Waals surface area contributed by atoms with Crippen LogP contribution in [0.25, 0.3) is 11.4 Å². The van der Waals surface area contributed by atoms with Gasteiger partial charge in [0.25, 0.3) is 0 Å². The van der Waals surface area contributed by atoms with Gasteiger partial charge in [-0.15, -0.1) is 0 Å². The number of benzene rings is 1. The quantitative estimate of drug-likeness (QED) is 0.881. The minimum atomic E-state index is -4.61. The summed E-state index contributed by atoms with van der Waals surface area (Å²) in [6.07, 6.45) is -3.09. The summed E-state index contributed by atoms with van der Waals surface area (Å²) >= 11 is 0. The van der Waals surface area contributed by atoms with Crippen molar-refractivity contribution in [3.05, 3.63) is 41.2 Å². The summed E-state index contributed by atoms with van der Waals surface area (Å²) in [7, 11) is 0. The van der Waals surface area contributed by atoms with Crippen LogP contribution in [0, 0.1) is 6.92 Å². The summed E-state index contributed by atoms with van der Waals surface area (Å²) in [5.74, 6) is -1.22. The Morgan fingerprint density at radius 1 is 1.32 bits per heavy atom. The number of carboxylic acids is 1. The Balaban J connectivity index is 2.61. The van der Waals surface area contributed by atoms with Crippen molar-refractivity contribution >= 4 is 5.97 Å². The van der Waals surface area contributed by atoms with Gasteiger partial charge in [0.1, 0.15) is 5.82 Å². The molecule has 7 heteroatoms. The largest absolute Gasteiger partial charge is 0.478 e. The van der Waals surface area contributed by atoms with Crippen LogP contribution in [0.1, 0.15) is 21.6 Å². The Kier molecular flexibility index (Phi) is 3.05. The molecule has 0 aliphatic rings. The fraction of sp³-hybridized carbons (Fsp3) is 0.167. The van der Waals surface area contributed by atoms with Crippen LogP contribution in [-0.4, -0.2) is 21.0 Å². The number of carboxylic acid groups (broad SMARTS) is 1. The van der Waals surface area contributed by atoms with Gasteiger partial charge in [-0.2, -0.15) is 13.2 Å². The molecule has 2 N–H and O–H groups in total. The Labute approximate surface area is 105 Å². The van der Waals surface area contributed by atoms with Gasteiger partial charge < -0.3 is 10.1 Å². The summed E-state index contributed by atoms with van der Waals surface area (Å²) in [6.45, 7) is 1.67. The lowest BCUT2D eigenvalue weighted by molar-refractivity contribution is -0.137. The number of aromatic carboxylic acids is 1. The Hall–Kier alpha value is -2.31. The molecule has 0 atom stereocenters. The molecular weight excluding hydrogens is 261 g/mol. The highest BCUT2D eigenvalue weighted by molar-refractivity contribution is 5.89. The average molecular weight is 270 g/mol. The third-order valence-corrected chi connectivity index (χ3v) is 2.49. The van der Waals surface area contributed by atoms with Gasteiger partial charge in [-0.25, -0.2) is 9.78 Å². The molecule has 0 radical (unpaired) electrons. The molecule has 2 rings (SSSR count). The number of hydrogen-bond acceptors (Lipinski definition) is 2. The van der Waals surface area contributed by atoms with Crippen molar-refractivity contribution in [3.8, 4) is 11.4 Å². The second-order valence-electron chi connectivity index (χ2n) is 3.99. The highest BCUT2D eigenvalue weighted by Gasteiger charge is 2.32. The minimum Gasteiger partial charge on any atom is -0.478 e. The summed E-state index contributed by atoms with van der Waals surface area (Å²) < 4.78 is 38.1. The summed E-state index contributed by atoms with van der Waals surface area (Å²) in [5, 5.41) is 8.85. The van der Waals surface area contributed by atoms with Crippen molar-refractivity contribution < 1.29 is 23.1 Å². The fourth-order valence-electron chi connectivity index (χ4n) is 1.61. The van der Waals surface area contributed by atoms with Crippen LogP contribution >= 0.6 is 0 Å². The number of nitrogens with zero attached hydrogens (tertiary/aromatic N) is 1. The molecule has 0 bridgehead atoms. The summed E-state index contributed by atoms with van der Waals surface area (Å²) in [6, 6.07) is 2.61. The molecule has 0 aliphatic carbocycles. The van der Waals surface area contributed by atoms with Crippen molar-refractivity contribution in [3.63, 3.8) is 0 Å². The van der Waals surface area contributed by atoms with Gasteiger partial charge in [-0.3, -0.25) is 0 Å². The summed E-state index contributed by atoms with van der Waals surface area (Å²) in [5.41, 5.74) is -0.764. The molecule has 0 amide bonds. The number of nitrogens with one attached hydrogen (secondary N) is 1. The van der Waals surface area contributed by atoms with E-state index in [9.17, 15) is 18.0 Å². The molecule has 100 valence electrons. The summed E-state index contributed by atoms with van der Waals surface area (Å²) in [4.78, 5) is 17.6. The maximum atomic E-state index is 12.7. The lowest BCUT2D eigenvalue weighted by Crippen LogP contribution is -2.08. The minimum absolute atomic E-state index is 0.0836. The van der Waals surface area contributed by atoms with Gasteiger partial charge in [0.15, 0.2) is 0 Å². The van der Waals surface area contributed by atoms with E-state index in [0.29, 0.717) is 11.8 Å². The number of aromatic nitrogens is 2. The maximum Gasteiger partial charge on any atom is 0.416 e. The first-order chi connectivity index (χ1) is 8.77. The van der Waals surface area contributed by atoms with Crippen LogP contribution in [0.3, 0.4) is 0 Å². The number of aromatic amines is 1. The molecule has 1 aromatic carbocycles. The van der Waals surface area contributed by atoms with Crippen LogP contribution in [0.15, 0.2) is 24.4 Å². The molecular formula is C12H9F3N2O2. The van der Waals surface area contributed by atoms with Gasteiger partial charge in [0.2, 0.25) is 0 Å². The number of rotatable bonds is 2. The second kappa shape index (κ2) is 4.42. The van der Waals surface area contributed by atoms with Crippen molar-refractivity contribution in [2.24, 2.45) is 0 Å². The van der Waals surface area contributed by atoms with E-state index in [1.165, 1.54) is 6.20 Å². The fourth-order valence-corrected chi connectivity index (χ4v) is 1.61. The van der Waals surface area contributed by atoms with Gasteiger partial charge >= 0.3 is 12.1 Å². The zero-order chi connectivity index (χ0) is 14.2. The molecule has 1 heterocycles. The molecule has 4 nitrogen and oxygen atoms in total. The normalized spacial score (nSPS) is 11.6. The Morgan fingerprint density at radius 2 is 2.00 bits per heavy atom. The van der Waals surface area contributed by atoms with Crippen molar-refractivity contribution in [1.82, 2.24) is 9.97 Å². The predicted octanol–water partition coefficient (Wildman–Crippen LogP) is 3.10. The first kappa shape index (κ1) is 13.1. The molecule has 19 heavy (non-hydrogen) atoms. The maximum absolute atomic E-state index is 12.7. The van der Waals surface area contributed by atoms with E-state index in [4.69, 9.17) is 5.11 Å². The smallest absolute Gasteiger partial charge is 0.416 e. The number of halogens is 3. The first-order valence-corrected chi connectivity index (χ1v) is 5.25. The van der Waals surface area contributed by atoms with Gasteiger partial charge in [0.05, 0.1) is 16.8 Å². The first-order valence-electron chi connectivity index (χ1n) is 5.25. The van der Waals surface area contributed by atoms with Gasteiger partial charge in [-0.1, -0.05) is 0 Å². The van der Waals surface area contributed by atoms with Crippen LogP contribution in [-0.2, 0) is 6.18 Å². The lowest BCUT2D eigenvalue weighted by atomic mass is 10.0. The van der Waals surface area contributed by atoms with E-state index >= 15 is 0 Å². The van der Waals surface area contributed by atoms with E-state index in [2.05, 4.69) is 9.97 Å². The SMILES string of the molecule is Cc1c[nH]c(-c2cc(C(=O)O)cc(C(F)(F)F)c2)n1. The van der Waals surface area contributed by atoms with Crippen molar-refractivity contribution in [1.29, 1.82) is 0 Å². The van der Waals surface area contributed by atoms with Gasteiger partial charge in [0, 0.05) is 11.8 Å². The van der Waals surface area contributed by atoms with E-state index < -0.39 is 23.3 Å². The topological polar surface area (TPSA) is 66.0 Å². The Bertz CT molecular complexity index is 632. The lowest BCUT2D eigenvalue weighted by Gasteiger charge is -2.09. The number of aryl methyl sites for hydroxylation is 1. The molecule has 0 aliphatic heterocycles. The zero-order valence-electron chi connectivity index (χ0n) is 9.75. The van der Waals surface area contributed by atoms with Crippen molar-refractivity contribution in [2.75, 3.05) is 0 Å². The van der Waals surface area contributed by atoms with Crippen LogP contribution in [0.4, 0.5) is 13.2 Å². The average Bonchev–Trinajstić information content (AvgIpc) is 2.74. The standard InChI is InChI=1S/C12H9F3N2O2/c1-6-5-16-10(17-6)7-2-8(11(18)19)4-9(3-7)12(13,14)15/h2-5H,1H3,(H,16,17)(H,18,19). The number of carbonyl (C=O) groups is 1. The van der Waals surface area contributed by atoms with Crippen LogP contribution in [0.2, 0.25) is 0 Å². The molecule has 0 fully saturated rings. The monoisotopic (exact) mass is 270 g/mol. The second-order valence-corrected chi connectivity index (χ2v) is 3.99. The predicted molar refractivity (Wildman–Crippen MR) is 60.7 cm³/mol. The number of H-pyrrole nitrogens is 1. The van der Waals surface area contributed by atoms with Gasteiger partial charge in [-0.05, 0) is 25.1 Å². The zero-order valence-corrected chi connectivity index (χ0v) is 9.75. The molecule has 0 saturated heterocycles. The number of hydrogen-bond donors (Lipinski definition) is 2. The molecule has 2 aromatic rings.